The van der Waals surface area contributed by atoms with E-state index in [-0.39, 0.29) is 0 Å². The largest absolute Gasteiger partial charge is 0.338 e. The molecule has 6 nitrogen and oxygen atoms in total. The van der Waals surface area contributed by atoms with Crippen molar-refractivity contribution in [3.63, 3.8) is 0 Å². The van der Waals surface area contributed by atoms with E-state index in [1.807, 2.05) is 37.4 Å². The van der Waals surface area contributed by atoms with Gasteiger partial charge in [-0.1, -0.05) is 134 Å². The van der Waals surface area contributed by atoms with E-state index < -0.39 is 0 Å². The van der Waals surface area contributed by atoms with Gasteiger partial charge < -0.3 is 9.80 Å². The summed E-state index contributed by atoms with van der Waals surface area (Å²) >= 11 is 8.33. The second kappa shape index (κ2) is 19.3. The molecule has 0 atom stereocenters. The quantitative estimate of drug-likeness (QED) is 0.122. The molecule has 9 heteroatoms. The number of pyridine rings is 2. The fourth-order valence-corrected chi connectivity index (χ4v) is 11.2. The van der Waals surface area contributed by atoms with E-state index in [0.29, 0.717) is 0 Å². The molecular formula is C55H53ClN6S2+2. The molecule has 3 aliphatic heterocycles. The Kier molecular flexibility index (Phi) is 13.0. The van der Waals surface area contributed by atoms with Crippen molar-refractivity contribution in [3.05, 3.63) is 191 Å². The lowest BCUT2D eigenvalue weighted by Gasteiger charge is -2.30. The molecule has 0 spiro atoms. The first-order valence-electron chi connectivity index (χ1n) is 22.0. The lowest BCUT2D eigenvalue weighted by molar-refractivity contribution is -0.555. The molecule has 0 amide bonds. The van der Waals surface area contributed by atoms with Crippen LogP contribution in [0.3, 0.4) is 0 Å². The number of hydrogen-bond donors (Lipinski definition) is 0. The van der Waals surface area contributed by atoms with Crippen molar-refractivity contribution in [2.45, 2.75) is 23.6 Å². The fraction of sp³-hybridized carbons (Fsp3) is 0.164. The number of alkyl halides is 1. The van der Waals surface area contributed by atoms with Crippen LogP contribution in [0.4, 0.5) is 23.0 Å². The summed E-state index contributed by atoms with van der Waals surface area (Å²) in [6.07, 6.45) is 6.24. The van der Waals surface area contributed by atoms with Crippen LogP contribution in [0.15, 0.2) is 190 Å². The van der Waals surface area contributed by atoms with Crippen LogP contribution in [0.5, 0.6) is 0 Å². The third-order valence-electron chi connectivity index (χ3n) is 12.0. The summed E-state index contributed by atoms with van der Waals surface area (Å²) in [5, 5.41) is 4.93. The predicted molar refractivity (Wildman–Crippen MR) is 276 cm³/mol. The minimum absolute atomic E-state index is 0.868. The van der Waals surface area contributed by atoms with Crippen LogP contribution in [-0.2, 0) is 0 Å². The van der Waals surface area contributed by atoms with Crippen LogP contribution in [0.25, 0.3) is 45.3 Å². The summed E-state index contributed by atoms with van der Waals surface area (Å²) < 4.78 is 4.93. The lowest BCUT2D eigenvalue weighted by atomic mass is 10.1. The number of para-hydroxylation sites is 6. The highest BCUT2D eigenvalue weighted by Crippen LogP contribution is 2.47. The molecule has 0 bridgehead atoms. The maximum Gasteiger partial charge on any atom is 0.283 e. The zero-order valence-corrected chi connectivity index (χ0v) is 39.4. The van der Waals surface area contributed by atoms with Crippen molar-refractivity contribution in [2.24, 2.45) is 0 Å². The van der Waals surface area contributed by atoms with Crippen molar-refractivity contribution in [1.82, 2.24) is 0 Å². The van der Waals surface area contributed by atoms with E-state index in [1.54, 1.807) is 0 Å². The smallest absolute Gasteiger partial charge is 0.283 e. The van der Waals surface area contributed by atoms with Crippen LogP contribution in [0, 0.1) is 0 Å². The van der Waals surface area contributed by atoms with Crippen molar-refractivity contribution in [2.75, 3.05) is 66.3 Å². The fourth-order valence-electron chi connectivity index (χ4n) is 8.96. The van der Waals surface area contributed by atoms with Gasteiger partial charge in [0.05, 0.1) is 21.4 Å². The molecule has 2 aromatic heterocycles. The summed E-state index contributed by atoms with van der Waals surface area (Å²) in [5.74, 6) is 2.41. The highest BCUT2D eigenvalue weighted by Gasteiger charge is 2.35. The Labute approximate surface area is 391 Å². The maximum absolute atomic E-state index is 4.64. The molecule has 0 radical (unpaired) electrons. The Bertz CT molecular complexity index is 2800. The zero-order chi connectivity index (χ0) is 44.2. The first kappa shape index (κ1) is 43.1. The molecule has 3 aliphatic rings. The van der Waals surface area contributed by atoms with Gasteiger partial charge in [0.1, 0.15) is 48.6 Å². The maximum atomic E-state index is 4.64. The summed E-state index contributed by atoms with van der Waals surface area (Å²) in [4.78, 5) is 12.4. The van der Waals surface area contributed by atoms with Gasteiger partial charge in [-0.25, -0.2) is 0 Å². The van der Waals surface area contributed by atoms with Crippen molar-refractivity contribution >= 4 is 92.1 Å². The molecule has 11 rings (SSSR count). The normalized spacial score (nSPS) is 15.5. The third-order valence-corrected chi connectivity index (χ3v) is 14.3. The minimum atomic E-state index is 0.868. The summed E-state index contributed by atoms with van der Waals surface area (Å²) in [7, 11) is 4.36. The number of nitrogens with zero attached hydrogens (tertiary/aromatic N) is 6. The molecule has 0 aliphatic carbocycles. The SMILES string of the molecule is CC.CCl.CN1/C(=C\c2cc(N3CCN(c4cc(/C=C5/Sc6ccccc6N5C)c5ccccc5[n+]4-c4ccccc4)CC3)[n+](-c3ccccc3)c3ccccc23)Sc2ccccc21. The van der Waals surface area contributed by atoms with Crippen molar-refractivity contribution in [3.8, 4) is 11.4 Å². The highest BCUT2D eigenvalue weighted by atomic mass is 35.5. The number of hydrogen-bond acceptors (Lipinski definition) is 6. The van der Waals surface area contributed by atoms with E-state index in [1.165, 1.54) is 82.2 Å². The van der Waals surface area contributed by atoms with Gasteiger partial charge in [-0.2, -0.15) is 9.13 Å². The van der Waals surface area contributed by atoms with Gasteiger partial charge in [0.25, 0.3) is 11.6 Å². The van der Waals surface area contributed by atoms with E-state index in [9.17, 15) is 0 Å². The number of fused-ring (bicyclic) bond motifs is 4. The van der Waals surface area contributed by atoms with Crippen molar-refractivity contribution in [1.29, 1.82) is 0 Å². The molecule has 320 valence electrons. The molecule has 8 aromatic rings. The van der Waals surface area contributed by atoms with Gasteiger partial charge in [0, 0.05) is 53.2 Å². The number of aromatic nitrogens is 2. The van der Waals surface area contributed by atoms with Gasteiger partial charge in [0.2, 0.25) is 0 Å². The van der Waals surface area contributed by atoms with E-state index in [2.05, 4.69) is 236 Å². The molecule has 0 unspecified atom stereocenters. The lowest BCUT2D eigenvalue weighted by Crippen LogP contribution is -2.53. The summed E-state index contributed by atoms with van der Waals surface area (Å²) in [6, 6.07) is 61.7. The Balaban J connectivity index is 0.00000126. The Morgan fingerprint density at radius 1 is 0.453 bits per heavy atom. The number of benzene rings is 6. The number of halogens is 1. The Hall–Kier alpha value is -6.19. The number of thioether (sulfide) groups is 2. The van der Waals surface area contributed by atoms with Crippen LogP contribution in [-0.4, -0.2) is 46.7 Å². The Morgan fingerprint density at radius 3 is 1.19 bits per heavy atom. The predicted octanol–water partition coefficient (Wildman–Crippen LogP) is 12.8. The Morgan fingerprint density at radius 2 is 0.797 bits per heavy atom. The van der Waals surface area contributed by atoms with Crippen molar-refractivity contribution < 1.29 is 9.13 Å². The highest BCUT2D eigenvalue weighted by molar-refractivity contribution is 8.04. The average molecular weight is 898 g/mol. The van der Waals surface area contributed by atoms with Gasteiger partial charge in [0.15, 0.2) is 0 Å². The van der Waals surface area contributed by atoms with E-state index >= 15 is 0 Å². The molecule has 6 aromatic carbocycles. The van der Waals surface area contributed by atoms with Crippen LogP contribution in [0.1, 0.15) is 25.0 Å². The van der Waals surface area contributed by atoms with E-state index in [0.717, 1.165) is 37.6 Å². The van der Waals surface area contributed by atoms with Gasteiger partial charge in [-0.05, 0) is 83.9 Å². The second-order valence-corrected chi connectivity index (χ2v) is 17.6. The minimum Gasteiger partial charge on any atom is -0.338 e. The zero-order valence-electron chi connectivity index (χ0n) is 37.0. The van der Waals surface area contributed by atoms with Crippen LogP contribution in [0.2, 0.25) is 0 Å². The number of piperazine rings is 1. The topological polar surface area (TPSA) is 20.7 Å². The monoisotopic (exact) mass is 896 g/mol. The summed E-state index contributed by atoms with van der Waals surface area (Å²) in [5.41, 5.74) is 9.68. The molecular weight excluding hydrogens is 844 g/mol. The molecule has 0 saturated carbocycles. The first-order chi connectivity index (χ1) is 31.6. The molecule has 0 N–H and O–H groups in total. The molecule has 5 heterocycles. The summed E-state index contributed by atoms with van der Waals surface area (Å²) in [6.45, 7) is 7.47. The first-order valence-corrected chi connectivity index (χ1v) is 24.4. The second-order valence-electron chi connectivity index (χ2n) is 15.5. The van der Waals surface area contributed by atoms with Crippen LogP contribution < -0.4 is 28.7 Å². The standard InChI is InChI=1S/C52H44N6S2.C2H6.CH3Cl/c1-53-45-25-13-15-27-47(45)59-51(53)35-37-33-49(57(39-17-5-3-6-18-39)43-23-11-9-21-41(37)43)55-29-31-56(32-30-55)50-34-38(36-52-54(2)46-26-14-16-28-48(46)60-52)42-22-10-12-24-44(42)58(50)40-19-7-4-8-20-40;2*1-2/h3-28,33-36H,29-32H2,1-2H3;1-2H3;1H3/q+2;;. The number of anilines is 4. The molecule has 1 fully saturated rings. The van der Waals surface area contributed by atoms with Gasteiger partial charge >= 0.3 is 0 Å². The molecule has 64 heavy (non-hydrogen) atoms. The van der Waals surface area contributed by atoms with E-state index in [4.69, 9.17) is 0 Å². The van der Waals surface area contributed by atoms with Gasteiger partial charge in [-0.15, -0.1) is 11.6 Å². The molecule has 1 saturated heterocycles. The average Bonchev–Trinajstić information content (AvgIpc) is 3.86. The number of rotatable bonds is 6. The van der Waals surface area contributed by atoms with Crippen LogP contribution >= 0.6 is 35.1 Å². The third kappa shape index (κ3) is 8.11. The van der Waals surface area contributed by atoms with Gasteiger partial charge in [-0.3, -0.25) is 9.80 Å².